The lowest BCUT2D eigenvalue weighted by molar-refractivity contribution is -0.135. The fourth-order valence-electron chi connectivity index (χ4n) is 3.90. The first-order valence-electron chi connectivity index (χ1n) is 9.52. The predicted molar refractivity (Wildman–Crippen MR) is 111 cm³/mol. The van der Waals surface area contributed by atoms with Crippen LogP contribution in [-0.4, -0.2) is 59.2 Å². The molecule has 2 heterocycles. The third-order valence-corrected chi connectivity index (χ3v) is 9.22. The largest absolute Gasteiger partial charge is 0.324 e. The maximum atomic E-state index is 12.9. The van der Waals surface area contributed by atoms with E-state index in [0.29, 0.717) is 36.5 Å². The molecule has 0 aromatic heterocycles. The van der Waals surface area contributed by atoms with Crippen LogP contribution in [0.4, 0.5) is 5.69 Å². The Labute approximate surface area is 170 Å². The Morgan fingerprint density at radius 3 is 2.68 bits per heavy atom. The summed E-state index contributed by atoms with van der Waals surface area (Å²) < 4.78 is 27.2. The molecule has 0 radical (unpaired) electrons. The first kappa shape index (κ1) is 21.1. The monoisotopic (exact) mass is 425 g/mol. The highest BCUT2D eigenvalue weighted by atomic mass is 32.2. The molecule has 1 aromatic carbocycles. The number of sulfonamides is 1. The van der Waals surface area contributed by atoms with E-state index >= 15 is 0 Å². The van der Waals surface area contributed by atoms with Gasteiger partial charge in [-0.3, -0.25) is 9.59 Å². The number of amides is 2. The van der Waals surface area contributed by atoms with E-state index in [1.54, 1.807) is 49.6 Å². The summed E-state index contributed by atoms with van der Waals surface area (Å²) in [4.78, 5) is 26.7. The number of hydrogen-bond donors (Lipinski definition) is 1. The second kappa shape index (κ2) is 7.68. The minimum Gasteiger partial charge on any atom is -0.324 e. The molecule has 0 unspecified atom stereocenters. The number of fused-ring (bicyclic) bond motifs is 1. The van der Waals surface area contributed by atoms with Crippen molar-refractivity contribution in [1.29, 1.82) is 0 Å². The van der Waals surface area contributed by atoms with Crippen LogP contribution in [0.2, 0.25) is 0 Å². The Bertz CT molecular complexity index is 898. The van der Waals surface area contributed by atoms with Crippen molar-refractivity contribution in [2.75, 3.05) is 24.2 Å². The summed E-state index contributed by atoms with van der Waals surface area (Å²) in [6.45, 7) is 8.09. The third-order valence-electron chi connectivity index (χ3n) is 5.53. The molecule has 1 aromatic rings. The van der Waals surface area contributed by atoms with Crippen LogP contribution in [0.3, 0.4) is 0 Å². The minimum absolute atomic E-state index is 0.00126. The van der Waals surface area contributed by atoms with Crippen molar-refractivity contribution in [2.24, 2.45) is 0 Å². The Morgan fingerprint density at radius 1 is 1.36 bits per heavy atom. The van der Waals surface area contributed by atoms with Crippen LogP contribution in [0.1, 0.15) is 39.2 Å². The van der Waals surface area contributed by atoms with Gasteiger partial charge >= 0.3 is 0 Å². The van der Waals surface area contributed by atoms with E-state index in [-0.39, 0.29) is 21.6 Å². The van der Waals surface area contributed by atoms with E-state index in [9.17, 15) is 18.0 Å². The number of rotatable bonds is 6. The molecule has 2 saturated heterocycles. The van der Waals surface area contributed by atoms with Gasteiger partial charge < -0.3 is 10.2 Å². The van der Waals surface area contributed by atoms with Crippen molar-refractivity contribution in [3.63, 3.8) is 0 Å². The van der Waals surface area contributed by atoms with Crippen molar-refractivity contribution in [2.45, 2.75) is 56.3 Å². The maximum absolute atomic E-state index is 12.9. The van der Waals surface area contributed by atoms with E-state index in [1.165, 1.54) is 10.4 Å². The van der Waals surface area contributed by atoms with Gasteiger partial charge in [0.2, 0.25) is 21.8 Å². The lowest BCUT2D eigenvalue weighted by atomic mass is 10.2. The van der Waals surface area contributed by atoms with Crippen LogP contribution < -0.4 is 5.32 Å². The van der Waals surface area contributed by atoms with Crippen molar-refractivity contribution in [3.8, 4) is 0 Å². The number of nitrogens with one attached hydrogen (secondary N) is 1. The zero-order chi connectivity index (χ0) is 20.7. The molecule has 7 nitrogen and oxygen atoms in total. The van der Waals surface area contributed by atoms with Gasteiger partial charge in [-0.15, -0.1) is 11.8 Å². The molecule has 3 rings (SSSR count). The van der Waals surface area contributed by atoms with Crippen LogP contribution in [0.25, 0.3) is 0 Å². The highest BCUT2D eigenvalue weighted by Gasteiger charge is 2.52. The minimum atomic E-state index is -3.63. The number of aryl methyl sites for hydroxylation is 1. The molecule has 2 aliphatic rings. The average Bonchev–Trinajstić information content (AvgIpc) is 3.13. The van der Waals surface area contributed by atoms with Crippen LogP contribution in [0.15, 0.2) is 23.1 Å². The molecule has 0 saturated carbocycles. The van der Waals surface area contributed by atoms with Gasteiger partial charge in [-0.05, 0) is 38.0 Å². The molecular formula is C19H27N3O4S2. The van der Waals surface area contributed by atoms with E-state index in [1.807, 2.05) is 6.92 Å². The van der Waals surface area contributed by atoms with E-state index in [0.717, 1.165) is 6.42 Å². The standard InChI is InChI=1S/C19H27N3O4S2/c1-5-21(6-2)28(25,26)16-11-14(8-7-13(16)3)20-18(24)15-12-27-19(4)10-9-17(23)22(15)19/h7-8,11,15H,5-6,9-10,12H2,1-4H3,(H,20,24)/t15-,19+/m0/s1. The number of anilines is 1. The number of thioether (sulfide) groups is 1. The van der Waals surface area contributed by atoms with E-state index in [2.05, 4.69) is 5.32 Å². The van der Waals surface area contributed by atoms with Crippen molar-refractivity contribution in [1.82, 2.24) is 9.21 Å². The second-order valence-electron chi connectivity index (χ2n) is 7.32. The van der Waals surface area contributed by atoms with Gasteiger partial charge in [-0.1, -0.05) is 19.9 Å². The number of carbonyl (C=O) groups excluding carboxylic acids is 2. The number of benzene rings is 1. The van der Waals surface area contributed by atoms with Gasteiger partial charge in [0.05, 0.1) is 9.77 Å². The zero-order valence-corrected chi connectivity index (χ0v) is 18.3. The van der Waals surface area contributed by atoms with Gasteiger partial charge in [0, 0.05) is 31.0 Å². The average molecular weight is 426 g/mol. The summed E-state index contributed by atoms with van der Waals surface area (Å²) in [5.74, 6) is 0.271. The quantitative estimate of drug-likeness (QED) is 0.756. The summed E-state index contributed by atoms with van der Waals surface area (Å²) in [5, 5.41) is 2.82. The van der Waals surface area contributed by atoms with Crippen LogP contribution in [-0.2, 0) is 19.6 Å². The molecule has 2 aliphatic heterocycles. The summed E-state index contributed by atoms with van der Waals surface area (Å²) in [6, 6.07) is 4.37. The van der Waals surface area contributed by atoms with Crippen LogP contribution >= 0.6 is 11.8 Å². The molecular weight excluding hydrogens is 398 g/mol. The molecule has 9 heteroatoms. The highest BCUT2D eigenvalue weighted by Crippen LogP contribution is 2.47. The summed E-state index contributed by atoms with van der Waals surface area (Å²) >= 11 is 1.63. The fraction of sp³-hybridized carbons (Fsp3) is 0.579. The van der Waals surface area contributed by atoms with Gasteiger partial charge in [0.1, 0.15) is 6.04 Å². The summed E-state index contributed by atoms with van der Waals surface area (Å²) in [7, 11) is -3.63. The highest BCUT2D eigenvalue weighted by molar-refractivity contribution is 8.01. The molecule has 0 bridgehead atoms. The number of hydrogen-bond acceptors (Lipinski definition) is 5. The maximum Gasteiger partial charge on any atom is 0.248 e. The Balaban J connectivity index is 1.84. The third kappa shape index (κ3) is 3.55. The lowest BCUT2D eigenvalue weighted by Crippen LogP contribution is -2.48. The normalized spacial score (nSPS) is 24.7. The van der Waals surface area contributed by atoms with Crippen molar-refractivity contribution < 1.29 is 18.0 Å². The Morgan fingerprint density at radius 2 is 2.04 bits per heavy atom. The molecule has 28 heavy (non-hydrogen) atoms. The Hall–Kier alpha value is -1.58. The molecule has 0 aliphatic carbocycles. The predicted octanol–water partition coefficient (Wildman–Crippen LogP) is 2.42. The van der Waals surface area contributed by atoms with Crippen LogP contribution in [0, 0.1) is 6.92 Å². The topological polar surface area (TPSA) is 86.8 Å². The first-order chi connectivity index (χ1) is 13.1. The van der Waals surface area contributed by atoms with Gasteiger partial charge in [0.15, 0.2) is 0 Å². The van der Waals surface area contributed by atoms with E-state index < -0.39 is 16.1 Å². The number of carbonyl (C=O) groups is 2. The van der Waals surface area contributed by atoms with E-state index in [4.69, 9.17) is 0 Å². The van der Waals surface area contributed by atoms with Crippen molar-refractivity contribution in [3.05, 3.63) is 23.8 Å². The summed E-state index contributed by atoms with van der Waals surface area (Å²) in [5.41, 5.74) is 1.05. The molecule has 1 N–H and O–H groups in total. The molecule has 0 spiro atoms. The Kier molecular flexibility index (Phi) is 5.80. The van der Waals surface area contributed by atoms with Crippen LogP contribution in [0.5, 0.6) is 0 Å². The SMILES string of the molecule is CCN(CC)S(=O)(=O)c1cc(NC(=O)[C@@H]2CS[C@]3(C)CCC(=O)N23)ccc1C. The zero-order valence-electron chi connectivity index (χ0n) is 16.7. The molecule has 154 valence electrons. The van der Waals surface area contributed by atoms with Crippen molar-refractivity contribution >= 4 is 39.3 Å². The first-order valence-corrected chi connectivity index (χ1v) is 11.9. The second-order valence-corrected chi connectivity index (χ2v) is 10.7. The number of nitrogens with zero attached hydrogens (tertiary/aromatic N) is 2. The van der Waals surface area contributed by atoms with Gasteiger partial charge in [-0.2, -0.15) is 4.31 Å². The molecule has 2 amide bonds. The van der Waals surface area contributed by atoms with Gasteiger partial charge in [0.25, 0.3) is 0 Å². The van der Waals surface area contributed by atoms with Gasteiger partial charge in [-0.25, -0.2) is 8.42 Å². The molecule has 2 atom stereocenters. The fourth-order valence-corrected chi connectivity index (χ4v) is 7.04. The summed E-state index contributed by atoms with van der Waals surface area (Å²) in [6.07, 6.45) is 1.21. The lowest BCUT2D eigenvalue weighted by Gasteiger charge is -2.29. The molecule has 2 fully saturated rings. The smallest absolute Gasteiger partial charge is 0.248 e.